The molecule has 1 aromatic carbocycles. The summed E-state index contributed by atoms with van der Waals surface area (Å²) in [6.07, 6.45) is 0. The third-order valence-electron chi connectivity index (χ3n) is 3.13. The van der Waals surface area contributed by atoms with Crippen LogP contribution in [0.1, 0.15) is 28.7 Å². The number of halogens is 3. The van der Waals surface area contributed by atoms with Gasteiger partial charge in [0, 0.05) is 6.92 Å². The minimum atomic E-state index is -2.97. The molecule has 4 nitrogen and oxygen atoms in total. The first kappa shape index (κ1) is 18.1. The Bertz CT molecular complexity index is 713. The third kappa shape index (κ3) is 5.16. The summed E-state index contributed by atoms with van der Waals surface area (Å²) in [4.78, 5) is 16.0. The fourth-order valence-corrected chi connectivity index (χ4v) is 2.23. The fourth-order valence-electron chi connectivity index (χ4n) is 1.96. The van der Waals surface area contributed by atoms with Crippen molar-refractivity contribution in [1.29, 1.82) is 0 Å². The Labute approximate surface area is 143 Å². The molecule has 0 saturated carbocycles. The molecule has 0 unspecified atom stereocenters. The molecule has 0 bridgehead atoms. The van der Waals surface area contributed by atoms with Crippen LogP contribution in [0.3, 0.4) is 0 Å². The van der Waals surface area contributed by atoms with E-state index >= 15 is 0 Å². The predicted octanol–water partition coefficient (Wildman–Crippen LogP) is 4.01. The van der Waals surface area contributed by atoms with Gasteiger partial charge < -0.3 is 10.1 Å². The molecule has 2 rings (SSSR count). The number of rotatable bonds is 6. The maximum atomic E-state index is 12.8. The monoisotopic (exact) mass is 354 g/mol. The first-order valence-corrected chi connectivity index (χ1v) is 7.64. The molecular formula is C17H17ClF2N2O2. The smallest absolute Gasteiger partial charge is 0.270 e. The number of amides is 1. The average molecular weight is 355 g/mol. The van der Waals surface area contributed by atoms with Crippen LogP contribution in [0.25, 0.3) is 0 Å². The van der Waals surface area contributed by atoms with Gasteiger partial charge in [-0.25, -0.2) is 13.8 Å². The van der Waals surface area contributed by atoms with Gasteiger partial charge in [-0.1, -0.05) is 29.8 Å². The highest BCUT2D eigenvalue weighted by Crippen LogP contribution is 2.28. The van der Waals surface area contributed by atoms with E-state index in [2.05, 4.69) is 10.3 Å². The summed E-state index contributed by atoms with van der Waals surface area (Å²) in [7, 11) is 0. The van der Waals surface area contributed by atoms with Crippen LogP contribution in [-0.4, -0.2) is 23.4 Å². The number of hydrogen-bond donors (Lipinski definition) is 1. The second kappa shape index (κ2) is 7.57. The molecule has 1 heterocycles. The highest BCUT2D eigenvalue weighted by Gasteiger charge is 2.22. The van der Waals surface area contributed by atoms with Crippen molar-refractivity contribution in [2.24, 2.45) is 0 Å². The van der Waals surface area contributed by atoms with E-state index in [-0.39, 0.29) is 12.3 Å². The van der Waals surface area contributed by atoms with E-state index in [0.717, 1.165) is 12.5 Å². The van der Waals surface area contributed by atoms with Crippen molar-refractivity contribution in [3.05, 3.63) is 58.4 Å². The topological polar surface area (TPSA) is 51.2 Å². The van der Waals surface area contributed by atoms with Crippen LogP contribution in [0.4, 0.5) is 8.78 Å². The number of aryl methyl sites for hydroxylation is 1. The quantitative estimate of drug-likeness (QED) is 0.852. The largest absolute Gasteiger partial charge is 0.485 e. The van der Waals surface area contributed by atoms with E-state index < -0.39 is 18.4 Å². The molecule has 0 aliphatic rings. The van der Waals surface area contributed by atoms with Crippen LogP contribution >= 0.6 is 11.6 Å². The van der Waals surface area contributed by atoms with Crippen molar-refractivity contribution in [1.82, 2.24) is 10.3 Å². The van der Waals surface area contributed by atoms with Gasteiger partial charge >= 0.3 is 0 Å². The zero-order valence-electron chi connectivity index (χ0n) is 13.3. The van der Waals surface area contributed by atoms with E-state index in [0.29, 0.717) is 16.5 Å². The highest BCUT2D eigenvalue weighted by molar-refractivity contribution is 6.32. The van der Waals surface area contributed by atoms with Gasteiger partial charge in [-0.15, -0.1) is 0 Å². The second-order valence-electron chi connectivity index (χ2n) is 5.44. The first-order chi connectivity index (χ1) is 11.3. The Morgan fingerprint density at radius 2 is 2.00 bits per heavy atom. The molecule has 0 atom stereocenters. The summed E-state index contributed by atoms with van der Waals surface area (Å²) >= 11 is 6.08. The molecule has 0 fully saturated rings. The summed E-state index contributed by atoms with van der Waals surface area (Å²) < 4.78 is 31.2. The number of carbonyl (C=O) groups is 1. The van der Waals surface area contributed by atoms with Crippen LogP contribution in [0.5, 0.6) is 5.75 Å². The fraction of sp³-hybridized carbons (Fsp3) is 0.294. The van der Waals surface area contributed by atoms with Crippen LogP contribution in [0.15, 0.2) is 36.4 Å². The average Bonchev–Trinajstić information content (AvgIpc) is 2.52. The number of para-hydroxylation sites is 1. The van der Waals surface area contributed by atoms with E-state index in [1.165, 1.54) is 6.07 Å². The molecule has 1 N–H and O–H groups in total. The van der Waals surface area contributed by atoms with Gasteiger partial charge in [0.1, 0.15) is 18.1 Å². The first-order valence-electron chi connectivity index (χ1n) is 7.26. The van der Waals surface area contributed by atoms with E-state index in [1.54, 1.807) is 18.2 Å². The third-order valence-corrected chi connectivity index (χ3v) is 3.42. The minimum absolute atomic E-state index is 0.0521. The summed E-state index contributed by atoms with van der Waals surface area (Å²) in [6, 6.07) is 10.1. The Balaban J connectivity index is 2.04. The van der Waals surface area contributed by atoms with Crippen molar-refractivity contribution < 1.29 is 18.3 Å². The van der Waals surface area contributed by atoms with Crippen molar-refractivity contribution in [2.75, 3.05) is 6.54 Å². The van der Waals surface area contributed by atoms with Crippen LogP contribution < -0.4 is 10.1 Å². The molecule has 0 radical (unpaired) electrons. The van der Waals surface area contributed by atoms with Crippen LogP contribution in [0, 0.1) is 6.92 Å². The van der Waals surface area contributed by atoms with Gasteiger partial charge in [-0.05, 0) is 30.7 Å². The summed E-state index contributed by atoms with van der Waals surface area (Å²) in [5, 5.41) is 2.63. The number of hydrogen-bond acceptors (Lipinski definition) is 3. The summed E-state index contributed by atoms with van der Waals surface area (Å²) in [5.41, 5.74) is 1.42. The number of ether oxygens (including phenoxy) is 1. The lowest BCUT2D eigenvalue weighted by atomic mass is 10.2. The van der Waals surface area contributed by atoms with Gasteiger partial charge in [-0.2, -0.15) is 0 Å². The molecule has 0 saturated heterocycles. The Morgan fingerprint density at radius 1 is 1.29 bits per heavy atom. The standard InChI is InChI=1S/C17H17ClF2N2O2/c1-11-5-3-7-13(18)15(11)24-9-12-6-4-8-14(22-12)16(23)21-10-17(2,19)20/h3-8H,9-10H2,1-2H3,(H,21,23). The van der Waals surface area contributed by atoms with Crippen LogP contribution in [-0.2, 0) is 6.61 Å². The summed E-state index contributed by atoms with van der Waals surface area (Å²) in [5.74, 6) is -3.09. The molecule has 0 aliphatic heterocycles. The maximum Gasteiger partial charge on any atom is 0.270 e. The number of benzene rings is 1. The SMILES string of the molecule is Cc1cccc(Cl)c1OCc1cccc(C(=O)NCC(C)(F)F)n1. The van der Waals surface area contributed by atoms with Gasteiger partial charge in [-0.3, -0.25) is 4.79 Å². The molecule has 7 heteroatoms. The zero-order chi connectivity index (χ0) is 17.7. The van der Waals surface area contributed by atoms with Gasteiger partial charge in [0.15, 0.2) is 0 Å². The number of alkyl halides is 2. The maximum absolute atomic E-state index is 12.8. The number of pyridine rings is 1. The lowest BCUT2D eigenvalue weighted by Gasteiger charge is -2.12. The molecular weight excluding hydrogens is 338 g/mol. The Kier molecular flexibility index (Phi) is 5.72. The lowest BCUT2D eigenvalue weighted by molar-refractivity contribution is 0.0220. The molecule has 0 aliphatic carbocycles. The van der Waals surface area contributed by atoms with E-state index in [9.17, 15) is 13.6 Å². The van der Waals surface area contributed by atoms with Gasteiger partial charge in [0.25, 0.3) is 11.8 Å². The highest BCUT2D eigenvalue weighted by atomic mass is 35.5. The van der Waals surface area contributed by atoms with Crippen molar-refractivity contribution >= 4 is 17.5 Å². The van der Waals surface area contributed by atoms with Gasteiger partial charge in [0.05, 0.1) is 17.3 Å². The van der Waals surface area contributed by atoms with E-state index in [4.69, 9.17) is 16.3 Å². The van der Waals surface area contributed by atoms with Crippen molar-refractivity contribution in [3.63, 3.8) is 0 Å². The lowest BCUT2D eigenvalue weighted by Crippen LogP contribution is -2.35. The molecule has 1 aromatic heterocycles. The number of carbonyl (C=O) groups excluding carboxylic acids is 1. The molecule has 1 amide bonds. The summed E-state index contributed by atoms with van der Waals surface area (Å²) in [6.45, 7) is 1.96. The zero-order valence-corrected chi connectivity index (χ0v) is 14.0. The van der Waals surface area contributed by atoms with Crippen LogP contribution in [0.2, 0.25) is 5.02 Å². The molecule has 0 spiro atoms. The Morgan fingerprint density at radius 3 is 2.67 bits per heavy atom. The molecule has 128 valence electrons. The number of nitrogens with one attached hydrogen (secondary N) is 1. The van der Waals surface area contributed by atoms with Crippen molar-refractivity contribution in [3.8, 4) is 5.75 Å². The number of aromatic nitrogens is 1. The minimum Gasteiger partial charge on any atom is -0.485 e. The predicted molar refractivity (Wildman–Crippen MR) is 87.7 cm³/mol. The molecule has 2 aromatic rings. The van der Waals surface area contributed by atoms with Gasteiger partial charge in [0.2, 0.25) is 0 Å². The Hall–Kier alpha value is -2.21. The van der Waals surface area contributed by atoms with Crippen molar-refractivity contribution in [2.45, 2.75) is 26.4 Å². The van der Waals surface area contributed by atoms with E-state index in [1.807, 2.05) is 19.1 Å². The second-order valence-corrected chi connectivity index (χ2v) is 5.85. The number of nitrogens with zero attached hydrogens (tertiary/aromatic N) is 1. The normalized spacial score (nSPS) is 11.2. The molecule has 24 heavy (non-hydrogen) atoms.